The molecule has 6 atom stereocenters. The Hall–Kier alpha value is -7.29. The molecule has 0 saturated carbocycles. The molecular weight excluding hydrogens is 883 g/mol. The van der Waals surface area contributed by atoms with Gasteiger partial charge in [0.2, 0.25) is 35.4 Å². The fourth-order valence-corrected chi connectivity index (χ4v) is 7.58. The van der Waals surface area contributed by atoms with E-state index in [1.165, 1.54) is 36.8 Å². The first-order chi connectivity index (χ1) is 32.3. The number of amides is 7. The molecule has 0 unspecified atom stereocenters. The number of fused-ring (bicyclic) bond motifs is 1. The Morgan fingerprint density at radius 2 is 1.41 bits per heavy atom. The third-order valence-electron chi connectivity index (χ3n) is 10.9. The average Bonchev–Trinajstić information content (AvgIpc) is 4.05. The maximum absolute atomic E-state index is 14.4. The van der Waals surface area contributed by atoms with E-state index in [0.29, 0.717) is 22.2 Å². The molecule has 68 heavy (non-hydrogen) atoms. The third kappa shape index (κ3) is 14.4. The van der Waals surface area contributed by atoms with E-state index in [1.54, 1.807) is 52.1 Å². The van der Waals surface area contributed by atoms with Crippen molar-refractivity contribution in [3.8, 4) is 5.75 Å². The SMILES string of the molecule is CCOC(=O)[C@@H](CC(C)C)NC(=O)[C@H](Cc1ccc(O)cc1)NC(=O)[C@H](CO)NC(=O)[C@H](Cc1c[nH]c2ccccc12)NC(=O)[C@H](Cc1cnc[nH]1)NC(=O)[C@@H]1CCC(=O)N1C(=O)OC(C)(C)C. The molecule has 21 nitrogen and oxygen atoms in total. The molecule has 21 heteroatoms. The molecule has 0 aliphatic carbocycles. The van der Waals surface area contributed by atoms with E-state index in [0.717, 1.165) is 10.4 Å². The summed E-state index contributed by atoms with van der Waals surface area (Å²) in [7, 11) is 0. The number of aromatic hydroxyl groups is 1. The molecule has 1 saturated heterocycles. The first kappa shape index (κ1) is 51.7. The predicted molar refractivity (Wildman–Crippen MR) is 245 cm³/mol. The summed E-state index contributed by atoms with van der Waals surface area (Å²) in [4.78, 5) is 120. The third-order valence-corrected chi connectivity index (χ3v) is 10.9. The molecule has 9 N–H and O–H groups in total. The Kier molecular flexibility index (Phi) is 17.8. The number of ether oxygens (including phenoxy) is 2. The number of aromatic nitrogens is 3. The fourth-order valence-electron chi connectivity index (χ4n) is 7.58. The quantitative estimate of drug-likeness (QED) is 0.0537. The minimum atomic E-state index is -1.68. The van der Waals surface area contributed by atoms with Crippen molar-refractivity contribution in [1.82, 2.24) is 46.4 Å². The molecule has 1 aliphatic rings. The van der Waals surface area contributed by atoms with Crippen LogP contribution in [0.3, 0.4) is 0 Å². The van der Waals surface area contributed by atoms with Crippen molar-refractivity contribution in [1.29, 1.82) is 0 Å². The van der Waals surface area contributed by atoms with Crippen molar-refractivity contribution in [3.05, 3.63) is 84.1 Å². The van der Waals surface area contributed by atoms with Gasteiger partial charge in [-0.3, -0.25) is 28.8 Å². The molecule has 2 aromatic heterocycles. The number of nitrogens with zero attached hydrogens (tertiary/aromatic N) is 2. The molecule has 366 valence electrons. The lowest BCUT2D eigenvalue weighted by molar-refractivity contribution is -0.148. The highest BCUT2D eigenvalue weighted by atomic mass is 16.6. The number of imide groups is 1. The number of para-hydroxylation sites is 1. The van der Waals surface area contributed by atoms with Crippen LogP contribution in [0.5, 0.6) is 5.75 Å². The number of aromatic amines is 2. The average molecular weight is 944 g/mol. The van der Waals surface area contributed by atoms with Gasteiger partial charge in [0.25, 0.3) is 0 Å². The van der Waals surface area contributed by atoms with Crippen molar-refractivity contribution in [2.24, 2.45) is 5.92 Å². The number of phenols is 1. The van der Waals surface area contributed by atoms with Gasteiger partial charge in [0.05, 0.1) is 19.5 Å². The number of aliphatic hydroxyl groups excluding tert-OH is 1. The second-order valence-corrected chi connectivity index (χ2v) is 17.9. The van der Waals surface area contributed by atoms with Gasteiger partial charge in [-0.25, -0.2) is 19.5 Å². The van der Waals surface area contributed by atoms with Gasteiger partial charge >= 0.3 is 12.1 Å². The maximum atomic E-state index is 14.4. The van der Waals surface area contributed by atoms with Gasteiger partial charge in [0.15, 0.2) is 0 Å². The highest BCUT2D eigenvalue weighted by molar-refractivity contribution is 6.02. The molecule has 4 aromatic rings. The van der Waals surface area contributed by atoms with E-state index < -0.39 is 96.0 Å². The largest absolute Gasteiger partial charge is 0.508 e. The summed E-state index contributed by atoms with van der Waals surface area (Å²) in [6, 6.07) is 4.76. The highest BCUT2D eigenvalue weighted by Crippen LogP contribution is 2.24. The summed E-state index contributed by atoms with van der Waals surface area (Å²) < 4.78 is 10.6. The van der Waals surface area contributed by atoms with Gasteiger partial charge in [-0.05, 0) is 75.8 Å². The van der Waals surface area contributed by atoms with Crippen LogP contribution in [0.15, 0.2) is 67.3 Å². The van der Waals surface area contributed by atoms with Crippen LogP contribution in [0.2, 0.25) is 0 Å². The molecule has 2 aromatic carbocycles. The summed E-state index contributed by atoms with van der Waals surface area (Å²) in [5, 5.41) is 34.2. The smallest absolute Gasteiger partial charge is 0.417 e. The fraction of sp³-hybridized carbons (Fsp3) is 0.468. The summed E-state index contributed by atoms with van der Waals surface area (Å²) in [5.41, 5.74) is 1.25. The molecule has 7 amide bonds. The molecular formula is C47H61N9O12. The normalized spacial score (nSPS) is 16.0. The van der Waals surface area contributed by atoms with Crippen molar-refractivity contribution in [2.75, 3.05) is 13.2 Å². The number of aliphatic hydroxyl groups is 1. The van der Waals surface area contributed by atoms with Crippen LogP contribution in [-0.4, -0.2) is 133 Å². The molecule has 0 bridgehead atoms. The second kappa shape index (κ2) is 23.4. The number of hydrogen-bond acceptors (Lipinski definition) is 13. The Labute approximate surface area is 392 Å². The van der Waals surface area contributed by atoms with Gasteiger partial charge in [-0.15, -0.1) is 0 Å². The maximum Gasteiger partial charge on any atom is 0.417 e. The molecule has 0 radical (unpaired) electrons. The standard InChI is InChI=1S/C47H61N9O12/c1-7-67-45(65)36(18-26(2)3)54-40(60)33(19-27-12-14-30(58)15-13-27)51-43(63)37(24-57)55-41(61)34(20-28-22-49-32-11-9-8-10-31(28)32)52-42(62)35(21-29-23-48-25-50-29)53-44(64)38-16-17-39(59)56(38)46(66)68-47(4,5)6/h8-15,22-23,25-26,33-38,49,57-58H,7,16-21,24H2,1-6H3,(H,48,50)(H,51,63)(H,52,62)(H,53,64)(H,54,60)(H,55,61)/t33-,34-,35-,36+,37-,38-/m0/s1. The van der Waals surface area contributed by atoms with E-state index >= 15 is 0 Å². The van der Waals surface area contributed by atoms with Gasteiger partial charge in [-0.1, -0.05) is 44.2 Å². The number of likely N-dealkylation sites (tertiary alicyclic amines) is 1. The number of rotatable bonds is 21. The van der Waals surface area contributed by atoms with Crippen LogP contribution in [0.1, 0.15) is 77.6 Å². The van der Waals surface area contributed by atoms with Crippen LogP contribution in [0, 0.1) is 5.92 Å². The van der Waals surface area contributed by atoms with Crippen molar-refractivity contribution in [2.45, 2.75) is 122 Å². The van der Waals surface area contributed by atoms with Gasteiger partial charge in [0, 0.05) is 54.7 Å². The van der Waals surface area contributed by atoms with E-state index in [4.69, 9.17) is 9.47 Å². The van der Waals surface area contributed by atoms with Crippen LogP contribution in [0.4, 0.5) is 4.79 Å². The van der Waals surface area contributed by atoms with Gasteiger partial charge < -0.3 is 56.2 Å². The molecule has 1 fully saturated rings. The highest BCUT2D eigenvalue weighted by Gasteiger charge is 2.44. The van der Waals surface area contributed by atoms with E-state index in [1.807, 2.05) is 19.9 Å². The van der Waals surface area contributed by atoms with Gasteiger partial charge in [0.1, 0.15) is 47.6 Å². The van der Waals surface area contributed by atoms with Crippen molar-refractivity contribution >= 4 is 58.4 Å². The Morgan fingerprint density at radius 3 is 2.01 bits per heavy atom. The Morgan fingerprint density at radius 1 is 0.809 bits per heavy atom. The lowest BCUT2D eigenvalue weighted by Crippen LogP contribution is -2.61. The minimum Gasteiger partial charge on any atom is -0.508 e. The van der Waals surface area contributed by atoms with Crippen LogP contribution in [0.25, 0.3) is 10.9 Å². The number of carbonyl (C=O) groups is 8. The number of benzene rings is 2. The molecule has 5 rings (SSSR count). The second-order valence-electron chi connectivity index (χ2n) is 17.9. The number of imidazole rings is 1. The predicted octanol–water partition coefficient (Wildman–Crippen LogP) is 1.58. The van der Waals surface area contributed by atoms with Crippen LogP contribution in [-0.2, 0) is 62.3 Å². The lowest BCUT2D eigenvalue weighted by atomic mass is 10.0. The lowest BCUT2D eigenvalue weighted by Gasteiger charge is -2.28. The van der Waals surface area contributed by atoms with E-state index in [2.05, 4.69) is 41.5 Å². The summed E-state index contributed by atoms with van der Waals surface area (Å²) in [6.07, 6.45) is 3.00. The monoisotopic (exact) mass is 943 g/mol. The summed E-state index contributed by atoms with van der Waals surface area (Å²) in [6.45, 7) is 9.27. The van der Waals surface area contributed by atoms with Crippen molar-refractivity contribution in [3.63, 3.8) is 0 Å². The molecule has 3 heterocycles. The number of nitrogens with one attached hydrogen (secondary N) is 7. The minimum absolute atomic E-state index is 0.0361. The number of carbonyl (C=O) groups excluding carboxylic acids is 8. The first-order valence-corrected chi connectivity index (χ1v) is 22.4. The van der Waals surface area contributed by atoms with E-state index in [-0.39, 0.29) is 56.8 Å². The molecule has 1 aliphatic heterocycles. The number of H-pyrrole nitrogens is 2. The van der Waals surface area contributed by atoms with Crippen LogP contribution >= 0.6 is 0 Å². The van der Waals surface area contributed by atoms with Crippen molar-refractivity contribution < 1.29 is 58.0 Å². The topological polar surface area (TPSA) is 303 Å². The number of esters is 1. The number of hydrogen-bond donors (Lipinski definition) is 9. The first-order valence-electron chi connectivity index (χ1n) is 22.4. The summed E-state index contributed by atoms with van der Waals surface area (Å²) >= 11 is 0. The summed E-state index contributed by atoms with van der Waals surface area (Å²) in [5.74, 6) is -5.76. The number of phenolic OH excluding ortho intramolecular Hbond substituents is 1. The molecule has 0 spiro atoms. The Bertz CT molecular complexity index is 2410. The van der Waals surface area contributed by atoms with Crippen LogP contribution < -0.4 is 26.6 Å². The Balaban J connectivity index is 1.41. The zero-order chi connectivity index (χ0) is 49.7. The van der Waals surface area contributed by atoms with E-state index in [9.17, 15) is 48.6 Å². The zero-order valence-corrected chi connectivity index (χ0v) is 38.9. The zero-order valence-electron chi connectivity index (χ0n) is 38.9. The van der Waals surface area contributed by atoms with Gasteiger partial charge in [-0.2, -0.15) is 0 Å².